The molecule has 0 bridgehead atoms. The van der Waals surface area contributed by atoms with Crippen molar-refractivity contribution >= 4 is 17.1 Å². The second-order valence-corrected chi connectivity index (χ2v) is 6.08. The number of hydrogen-bond donors (Lipinski definition) is 0. The van der Waals surface area contributed by atoms with E-state index in [4.69, 9.17) is 0 Å². The van der Waals surface area contributed by atoms with Gasteiger partial charge in [-0.2, -0.15) is 0 Å². The minimum atomic E-state index is -0.350. The summed E-state index contributed by atoms with van der Waals surface area (Å²) in [6.07, 6.45) is 1.52. The first-order valence-electron chi connectivity index (χ1n) is 6.79. The first-order chi connectivity index (χ1) is 9.72. The van der Waals surface area contributed by atoms with Crippen LogP contribution in [0, 0.1) is 5.82 Å². The van der Waals surface area contributed by atoms with E-state index in [1.165, 1.54) is 22.6 Å². The van der Waals surface area contributed by atoms with E-state index < -0.39 is 0 Å². The predicted molar refractivity (Wildman–Crippen MR) is 78.6 cm³/mol. The average molecular weight is 289 g/mol. The Balaban J connectivity index is 1.57. The number of carbonyl (C=O) groups is 1. The Kier molecular flexibility index (Phi) is 3.94. The van der Waals surface area contributed by atoms with Gasteiger partial charge in [-0.05, 0) is 35.6 Å². The summed E-state index contributed by atoms with van der Waals surface area (Å²) in [7, 11) is 0. The molecule has 0 saturated heterocycles. The number of benzene rings is 1. The zero-order chi connectivity index (χ0) is 13.9. The number of nitrogens with zero attached hydrogens (tertiary/aromatic N) is 1. The molecule has 0 radical (unpaired) electrons. The van der Waals surface area contributed by atoms with E-state index in [2.05, 4.69) is 16.3 Å². The molecule has 0 amide bonds. The summed E-state index contributed by atoms with van der Waals surface area (Å²) in [5.41, 5.74) is 1.86. The standard InChI is InChI=1S/C16H16FNOS/c17-14-3-1-2-12(10-14)15(19)4-7-18-8-5-16-13(11-18)6-9-20-16/h1-3,6,9-10H,4-5,7-8,11H2. The lowest BCUT2D eigenvalue weighted by Crippen LogP contribution is -2.31. The van der Waals surface area contributed by atoms with E-state index in [0.717, 1.165) is 26.1 Å². The van der Waals surface area contributed by atoms with E-state index in [1.807, 2.05) is 11.3 Å². The summed E-state index contributed by atoms with van der Waals surface area (Å²) < 4.78 is 13.1. The Bertz CT molecular complexity index is 622. The minimum absolute atomic E-state index is 0.0145. The molecule has 1 aliphatic rings. The molecule has 20 heavy (non-hydrogen) atoms. The van der Waals surface area contributed by atoms with Gasteiger partial charge in [0.1, 0.15) is 5.82 Å². The largest absolute Gasteiger partial charge is 0.298 e. The summed E-state index contributed by atoms with van der Waals surface area (Å²) in [6.45, 7) is 2.67. The van der Waals surface area contributed by atoms with Crippen LogP contribution in [0.3, 0.4) is 0 Å². The molecule has 1 aliphatic heterocycles. The maximum atomic E-state index is 13.1. The minimum Gasteiger partial charge on any atom is -0.298 e. The number of halogens is 1. The van der Waals surface area contributed by atoms with Gasteiger partial charge in [0.15, 0.2) is 5.78 Å². The van der Waals surface area contributed by atoms with Crippen molar-refractivity contribution in [3.63, 3.8) is 0 Å². The summed E-state index contributed by atoms with van der Waals surface area (Å²) in [6, 6.07) is 8.11. The fourth-order valence-corrected chi connectivity index (χ4v) is 3.45. The maximum absolute atomic E-state index is 13.1. The fourth-order valence-electron chi connectivity index (χ4n) is 2.56. The molecule has 4 heteroatoms. The second kappa shape index (κ2) is 5.85. The number of Topliss-reactive ketones (excluding diaryl/α,β-unsaturated/α-hetero) is 1. The summed E-state index contributed by atoms with van der Waals surface area (Å²) >= 11 is 1.81. The van der Waals surface area contributed by atoms with Crippen molar-refractivity contribution in [1.82, 2.24) is 4.90 Å². The third-order valence-corrected chi connectivity index (χ3v) is 4.71. The Morgan fingerprint density at radius 2 is 2.25 bits per heavy atom. The monoisotopic (exact) mass is 289 g/mol. The van der Waals surface area contributed by atoms with Crippen molar-refractivity contribution in [3.05, 3.63) is 57.5 Å². The van der Waals surface area contributed by atoms with Crippen molar-refractivity contribution in [3.8, 4) is 0 Å². The van der Waals surface area contributed by atoms with Gasteiger partial charge in [0.25, 0.3) is 0 Å². The molecule has 1 aromatic heterocycles. The highest BCUT2D eigenvalue weighted by atomic mass is 32.1. The van der Waals surface area contributed by atoms with E-state index >= 15 is 0 Å². The maximum Gasteiger partial charge on any atom is 0.164 e. The normalized spacial score (nSPS) is 15.1. The molecule has 0 spiro atoms. The number of thiophene rings is 1. The van der Waals surface area contributed by atoms with Crippen molar-refractivity contribution in [2.75, 3.05) is 13.1 Å². The predicted octanol–water partition coefficient (Wildman–Crippen LogP) is 3.52. The van der Waals surface area contributed by atoms with Crippen LogP contribution in [0.15, 0.2) is 35.7 Å². The van der Waals surface area contributed by atoms with Crippen molar-refractivity contribution in [2.45, 2.75) is 19.4 Å². The summed E-state index contributed by atoms with van der Waals surface area (Å²) in [5, 5.41) is 2.13. The van der Waals surface area contributed by atoms with E-state index in [-0.39, 0.29) is 11.6 Å². The molecule has 0 saturated carbocycles. The molecule has 0 aliphatic carbocycles. The zero-order valence-corrected chi connectivity index (χ0v) is 12.0. The molecule has 2 nitrogen and oxygen atoms in total. The van der Waals surface area contributed by atoms with Gasteiger partial charge in [0, 0.05) is 36.5 Å². The van der Waals surface area contributed by atoms with Gasteiger partial charge in [-0.15, -0.1) is 11.3 Å². The smallest absolute Gasteiger partial charge is 0.164 e. The van der Waals surface area contributed by atoms with Crippen molar-refractivity contribution < 1.29 is 9.18 Å². The molecule has 1 aromatic carbocycles. The molecule has 0 N–H and O–H groups in total. The van der Waals surface area contributed by atoms with Gasteiger partial charge in [0.05, 0.1) is 0 Å². The number of fused-ring (bicyclic) bond motifs is 1. The van der Waals surface area contributed by atoms with Crippen LogP contribution in [0.4, 0.5) is 4.39 Å². The first kappa shape index (κ1) is 13.5. The Labute approximate surface area is 121 Å². The number of hydrogen-bond acceptors (Lipinski definition) is 3. The highest BCUT2D eigenvalue weighted by molar-refractivity contribution is 7.10. The van der Waals surface area contributed by atoms with Gasteiger partial charge in [-0.3, -0.25) is 9.69 Å². The van der Waals surface area contributed by atoms with Gasteiger partial charge >= 0.3 is 0 Å². The van der Waals surface area contributed by atoms with E-state index in [0.29, 0.717) is 12.0 Å². The lowest BCUT2D eigenvalue weighted by Gasteiger charge is -2.26. The van der Waals surface area contributed by atoms with Gasteiger partial charge < -0.3 is 0 Å². The molecule has 0 unspecified atom stereocenters. The number of carbonyl (C=O) groups excluding carboxylic acids is 1. The van der Waals surface area contributed by atoms with Crippen molar-refractivity contribution in [1.29, 1.82) is 0 Å². The second-order valence-electron chi connectivity index (χ2n) is 5.08. The van der Waals surface area contributed by atoms with Crippen LogP contribution in [0.1, 0.15) is 27.2 Å². The third-order valence-electron chi connectivity index (χ3n) is 3.69. The van der Waals surface area contributed by atoms with Crippen LogP contribution >= 0.6 is 11.3 Å². The first-order valence-corrected chi connectivity index (χ1v) is 7.67. The number of ketones is 1. The van der Waals surface area contributed by atoms with Gasteiger partial charge in [-0.1, -0.05) is 12.1 Å². The molecular weight excluding hydrogens is 273 g/mol. The van der Waals surface area contributed by atoms with Crippen LogP contribution in [0.5, 0.6) is 0 Å². The topological polar surface area (TPSA) is 20.3 Å². The highest BCUT2D eigenvalue weighted by Crippen LogP contribution is 2.24. The molecular formula is C16H16FNOS. The molecule has 3 rings (SSSR count). The van der Waals surface area contributed by atoms with Crippen LogP contribution in [0.2, 0.25) is 0 Å². The Hall–Kier alpha value is -1.52. The molecule has 104 valence electrons. The van der Waals surface area contributed by atoms with Gasteiger partial charge in [-0.25, -0.2) is 4.39 Å². The van der Waals surface area contributed by atoms with Crippen LogP contribution in [-0.4, -0.2) is 23.8 Å². The molecule has 0 fully saturated rings. The molecule has 2 heterocycles. The fraction of sp³-hybridized carbons (Fsp3) is 0.312. The van der Waals surface area contributed by atoms with Crippen LogP contribution in [-0.2, 0) is 13.0 Å². The average Bonchev–Trinajstić information content (AvgIpc) is 2.92. The molecule has 2 aromatic rings. The summed E-state index contributed by atoms with van der Waals surface area (Å²) in [5.74, 6) is -0.336. The Morgan fingerprint density at radius 1 is 1.35 bits per heavy atom. The number of rotatable bonds is 4. The lowest BCUT2D eigenvalue weighted by atomic mass is 10.1. The van der Waals surface area contributed by atoms with Crippen molar-refractivity contribution in [2.24, 2.45) is 0 Å². The van der Waals surface area contributed by atoms with E-state index in [1.54, 1.807) is 12.1 Å². The SMILES string of the molecule is O=C(CCN1CCc2sccc2C1)c1cccc(F)c1. The van der Waals surface area contributed by atoms with Crippen LogP contribution in [0.25, 0.3) is 0 Å². The molecule has 0 atom stereocenters. The Morgan fingerprint density at radius 3 is 3.10 bits per heavy atom. The van der Waals surface area contributed by atoms with Gasteiger partial charge in [0.2, 0.25) is 0 Å². The highest BCUT2D eigenvalue weighted by Gasteiger charge is 2.18. The summed E-state index contributed by atoms with van der Waals surface area (Å²) in [4.78, 5) is 15.8. The quantitative estimate of drug-likeness (QED) is 0.803. The van der Waals surface area contributed by atoms with Crippen LogP contribution < -0.4 is 0 Å². The van der Waals surface area contributed by atoms with E-state index in [9.17, 15) is 9.18 Å². The lowest BCUT2D eigenvalue weighted by molar-refractivity contribution is 0.0960. The zero-order valence-electron chi connectivity index (χ0n) is 11.1. The third kappa shape index (κ3) is 2.97.